The molecule has 1 saturated carbocycles. The number of aliphatic hydroxyl groups is 1. The third-order valence-electron chi connectivity index (χ3n) is 4.69. The summed E-state index contributed by atoms with van der Waals surface area (Å²) in [5.74, 6) is 1.96. The Labute approximate surface area is 161 Å². The predicted molar refractivity (Wildman–Crippen MR) is 108 cm³/mol. The molecule has 3 rings (SSSR count). The molecule has 7 heteroatoms. The van der Waals surface area contributed by atoms with Crippen LogP contribution in [0.2, 0.25) is 0 Å². The minimum Gasteiger partial charge on any atom is -0.388 e. The normalized spacial score (nSPS) is 20.2. The van der Waals surface area contributed by atoms with Crippen LogP contribution < -0.4 is 10.2 Å². The molecule has 6 nitrogen and oxygen atoms in total. The van der Waals surface area contributed by atoms with Crippen LogP contribution in [0.5, 0.6) is 0 Å². The van der Waals surface area contributed by atoms with Crippen molar-refractivity contribution in [3.05, 3.63) is 24.4 Å². The van der Waals surface area contributed by atoms with Crippen molar-refractivity contribution in [2.45, 2.75) is 31.8 Å². The molecular formula is C17H28IN5O. The van der Waals surface area contributed by atoms with Crippen LogP contribution in [0.1, 0.15) is 26.2 Å². The number of hydrogen-bond acceptors (Lipinski definition) is 4. The maximum atomic E-state index is 10.2. The highest BCUT2D eigenvalue weighted by atomic mass is 127. The lowest BCUT2D eigenvalue weighted by molar-refractivity contribution is -0.0237. The van der Waals surface area contributed by atoms with Crippen molar-refractivity contribution in [1.29, 1.82) is 0 Å². The lowest BCUT2D eigenvalue weighted by atomic mass is 9.80. The zero-order valence-corrected chi connectivity index (χ0v) is 16.6. The van der Waals surface area contributed by atoms with E-state index in [1.54, 1.807) is 0 Å². The van der Waals surface area contributed by atoms with Gasteiger partial charge in [-0.1, -0.05) is 6.07 Å². The van der Waals surface area contributed by atoms with Crippen LogP contribution >= 0.6 is 24.0 Å². The predicted octanol–water partition coefficient (Wildman–Crippen LogP) is 1.70. The van der Waals surface area contributed by atoms with Crippen molar-refractivity contribution < 1.29 is 5.11 Å². The summed E-state index contributed by atoms with van der Waals surface area (Å²) in [5.41, 5.74) is -0.559. The molecule has 1 aromatic heterocycles. The highest BCUT2D eigenvalue weighted by Gasteiger charge is 2.34. The fourth-order valence-electron chi connectivity index (χ4n) is 3.08. The summed E-state index contributed by atoms with van der Waals surface area (Å²) in [5, 5.41) is 13.6. The molecule has 0 bridgehead atoms. The van der Waals surface area contributed by atoms with E-state index in [4.69, 9.17) is 0 Å². The van der Waals surface area contributed by atoms with Crippen molar-refractivity contribution in [2.75, 3.05) is 44.2 Å². The summed E-state index contributed by atoms with van der Waals surface area (Å²) in [7, 11) is 0. The Bertz CT molecular complexity index is 527. The molecule has 0 unspecified atom stereocenters. The van der Waals surface area contributed by atoms with Gasteiger partial charge in [0.05, 0.1) is 12.1 Å². The Kier molecular flexibility index (Phi) is 7.09. The highest BCUT2D eigenvalue weighted by Crippen LogP contribution is 2.31. The molecule has 24 heavy (non-hydrogen) atoms. The van der Waals surface area contributed by atoms with E-state index < -0.39 is 5.60 Å². The first-order valence-electron chi connectivity index (χ1n) is 8.62. The molecule has 0 spiro atoms. The van der Waals surface area contributed by atoms with Crippen molar-refractivity contribution in [3.63, 3.8) is 0 Å². The Hall–Kier alpha value is -1.09. The molecule has 0 radical (unpaired) electrons. The maximum Gasteiger partial charge on any atom is 0.194 e. The quantitative estimate of drug-likeness (QED) is 0.420. The molecule has 0 aromatic carbocycles. The first-order chi connectivity index (χ1) is 11.2. The number of nitrogens with one attached hydrogen (secondary N) is 1. The van der Waals surface area contributed by atoms with E-state index in [9.17, 15) is 5.11 Å². The maximum absolute atomic E-state index is 10.2. The van der Waals surface area contributed by atoms with Crippen molar-refractivity contribution in [1.82, 2.24) is 15.2 Å². The summed E-state index contributed by atoms with van der Waals surface area (Å²) in [6.07, 6.45) is 4.71. The number of aromatic nitrogens is 1. The average Bonchev–Trinajstić information content (AvgIpc) is 2.58. The molecule has 2 N–H and O–H groups in total. The van der Waals surface area contributed by atoms with Gasteiger partial charge < -0.3 is 20.2 Å². The van der Waals surface area contributed by atoms with Crippen molar-refractivity contribution >= 4 is 35.8 Å². The summed E-state index contributed by atoms with van der Waals surface area (Å²) in [4.78, 5) is 13.7. The Morgan fingerprint density at radius 2 is 2.04 bits per heavy atom. The largest absolute Gasteiger partial charge is 0.388 e. The van der Waals surface area contributed by atoms with E-state index >= 15 is 0 Å². The van der Waals surface area contributed by atoms with E-state index in [1.165, 1.54) is 0 Å². The van der Waals surface area contributed by atoms with Crippen molar-refractivity contribution in [3.8, 4) is 0 Å². The number of anilines is 1. The molecule has 2 aliphatic rings. The van der Waals surface area contributed by atoms with Gasteiger partial charge in [-0.15, -0.1) is 24.0 Å². The van der Waals surface area contributed by atoms with Crippen LogP contribution in [-0.4, -0.2) is 65.8 Å². The number of rotatable bonds is 4. The third-order valence-corrected chi connectivity index (χ3v) is 4.69. The van der Waals surface area contributed by atoms with E-state index in [2.05, 4.69) is 38.1 Å². The molecule has 1 aliphatic heterocycles. The molecule has 0 amide bonds. The average molecular weight is 445 g/mol. The lowest BCUT2D eigenvalue weighted by Crippen LogP contribution is -2.53. The van der Waals surface area contributed by atoms with Gasteiger partial charge in [0.25, 0.3) is 0 Å². The molecule has 1 aromatic rings. The van der Waals surface area contributed by atoms with Crippen LogP contribution in [0.4, 0.5) is 5.82 Å². The number of piperazine rings is 1. The van der Waals surface area contributed by atoms with E-state index in [1.807, 2.05) is 18.3 Å². The smallest absolute Gasteiger partial charge is 0.194 e. The first-order valence-corrected chi connectivity index (χ1v) is 8.62. The number of guanidine groups is 1. The van der Waals surface area contributed by atoms with Crippen LogP contribution in [0.3, 0.4) is 0 Å². The van der Waals surface area contributed by atoms with Gasteiger partial charge in [0.1, 0.15) is 5.82 Å². The second kappa shape index (κ2) is 8.84. The monoisotopic (exact) mass is 445 g/mol. The van der Waals surface area contributed by atoms with Gasteiger partial charge in [-0.2, -0.15) is 0 Å². The Morgan fingerprint density at radius 1 is 1.29 bits per heavy atom. The first kappa shape index (κ1) is 19.2. The zero-order valence-electron chi connectivity index (χ0n) is 14.3. The van der Waals surface area contributed by atoms with Gasteiger partial charge in [0, 0.05) is 38.9 Å². The van der Waals surface area contributed by atoms with Gasteiger partial charge >= 0.3 is 0 Å². The fraction of sp³-hybridized carbons (Fsp3) is 0.647. The molecule has 1 saturated heterocycles. The van der Waals surface area contributed by atoms with Crippen LogP contribution in [0.15, 0.2) is 29.4 Å². The second-order valence-corrected chi connectivity index (χ2v) is 6.41. The second-order valence-electron chi connectivity index (χ2n) is 6.41. The zero-order chi connectivity index (χ0) is 16.1. The standard InChI is InChI=1S/C17H27N5O.HI/c1-2-18-16(20-14-17(23)7-5-8-17)22-12-10-21(11-13-22)15-6-3-4-9-19-15;/h3-4,6,9,23H,2,5,7-8,10-14H2,1H3,(H,18,20);1H. The molecule has 2 fully saturated rings. The lowest BCUT2D eigenvalue weighted by Gasteiger charge is -2.38. The summed E-state index contributed by atoms with van der Waals surface area (Å²) in [6.45, 7) is 7.14. The van der Waals surface area contributed by atoms with E-state index in [0.29, 0.717) is 6.54 Å². The van der Waals surface area contributed by atoms with Crippen molar-refractivity contribution in [2.24, 2.45) is 4.99 Å². The van der Waals surface area contributed by atoms with Crippen LogP contribution in [0, 0.1) is 0 Å². The van der Waals surface area contributed by atoms with Gasteiger partial charge in [-0.3, -0.25) is 4.99 Å². The number of halogens is 1. The number of nitrogens with zero attached hydrogens (tertiary/aromatic N) is 4. The summed E-state index contributed by atoms with van der Waals surface area (Å²) < 4.78 is 0. The molecule has 1 aliphatic carbocycles. The summed E-state index contributed by atoms with van der Waals surface area (Å²) >= 11 is 0. The molecular weight excluding hydrogens is 417 g/mol. The van der Waals surface area contributed by atoms with Gasteiger partial charge in [-0.05, 0) is 38.3 Å². The topological polar surface area (TPSA) is 64.0 Å². The fourth-order valence-corrected chi connectivity index (χ4v) is 3.08. The van der Waals surface area contributed by atoms with Gasteiger partial charge in [0.2, 0.25) is 0 Å². The molecule has 2 heterocycles. The summed E-state index contributed by atoms with van der Waals surface area (Å²) in [6, 6.07) is 6.03. The number of hydrogen-bond donors (Lipinski definition) is 2. The minimum atomic E-state index is -0.559. The minimum absolute atomic E-state index is 0. The van der Waals surface area contributed by atoms with Gasteiger partial charge in [-0.25, -0.2) is 4.98 Å². The van der Waals surface area contributed by atoms with Crippen LogP contribution in [0.25, 0.3) is 0 Å². The van der Waals surface area contributed by atoms with E-state index in [-0.39, 0.29) is 24.0 Å². The van der Waals surface area contributed by atoms with Crippen LogP contribution in [-0.2, 0) is 0 Å². The van der Waals surface area contributed by atoms with E-state index in [0.717, 1.165) is 63.8 Å². The number of pyridine rings is 1. The van der Waals surface area contributed by atoms with Gasteiger partial charge in [0.15, 0.2) is 5.96 Å². The Morgan fingerprint density at radius 3 is 2.58 bits per heavy atom. The highest BCUT2D eigenvalue weighted by molar-refractivity contribution is 14.0. The molecule has 0 atom stereocenters. The molecule has 134 valence electrons. The Balaban J connectivity index is 0.00000208. The number of aliphatic imine (C=N–C) groups is 1. The SMILES string of the molecule is CCNC(=NCC1(O)CCC1)N1CCN(c2ccccn2)CC1.I. The third kappa shape index (κ3) is 4.72.